The van der Waals surface area contributed by atoms with Crippen LogP contribution in [0.3, 0.4) is 0 Å². The Bertz CT molecular complexity index is 1010. The minimum atomic E-state index is -0.414. The number of pyridine rings is 1. The van der Waals surface area contributed by atoms with Crippen LogP contribution in [0, 0.1) is 0 Å². The normalized spacial score (nSPS) is 20.8. The van der Waals surface area contributed by atoms with Gasteiger partial charge in [0.15, 0.2) is 5.65 Å². The fourth-order valence-electron chi connectivity index (χ4n) is 3.57. The number of urea groups is 1. The molecule has 152 valence electrons. The van der Waals surface area contributed by atoms with Gasteiger partial charge in [0.1, 0.15) is 12.9 Å². The van der Waals surface area contributed by atoms with Gasteiger partial charge >= 0.3 is 6.03 Å². The van der Waals surface area contributed by atoms with Crippen LogP contribution in [-0.2, 0) is 16.1 Å². The summed E-state index contributed by atoms with van der Waals surface area (Å²) in [5.41, 5.74) is 0.0483. The molecule has 0 spiro atoms. The van der Waals surface area contributed by atoms with E-state index in [1.165, 1.54) is 17.9 Å². The fraction of sp³-hybridized carbons (Fsp3) is 0.444. The molecule has 2 aromatic rings. The van der Waals surface area contributed by atoms with E-state index in [1.807, 2.05) is 4.90 Å². The lowest BCUT2D eigenvalue weighted by molar-refractivity contribution is -0.136. The molecule has 11 nitrogen and oxygen atoms in total. The van der Waals surface area contributed by atoms with E-state index in [2.05, 4.69) is 15.3 Å². The highest BCUT2D eigenvalue weighted by atomic mass is 16.2. The first kappa shape index (κ1) is 19.0. The molecule has 11 heteroatoms. The van der Waals surface area contributed by atoms with E-state index in [4.69, 9.17) is 0 Å². The third-order valence-corrected chi connectivity index (χ3v) is 5.35. The zero-order valence-electron chi connectivity index (χ0n) is 15.9. The summed E-state index contributed by atoms with van der Waals surface area (Å²) < 4.78 is 1.29. The lowest BCUT2D eigenvalue weighted by Gasteiger charge is -2.41. The second-order valence-electron chi connectivity index (χ2n) is 7.09. The molecule has 0 bridgehead atoms. The van der Waals surface area contributed by atoms with Crippen molar-refractivity contribution in [2.75, 3.05) is 33.2 Å². The average Bonchev–Trinajstić information content (AvgIpc) is 2.74. The molecule has 1 unspecified atom stereocenters. The lowest BCUT2D eigenvalue weighted by atomic mass is 10.2. The predicted octanol–water partition coefficient (Wildman–Crippen LogP) is -1.17. The van der Waals surface area contributed by atoms with Crippen molar-refractivity contribution in [1.82, 2.24) is 34.6 Å². The van der Waals surface area contributed by atoms with E-state index in [0.717, 1.165) is 4.90 Å². The molecule has 2 fully saturated rings. The van der Waals surface area contributed by atoms with Crippen molar-refractivity contribution in [3.05, 3.63) is 35.0 Å². The van der Waals surface area contributed by atoms with E-state index in [0.29, 0.717) is 37.2 Å². The molecule has 2 saturated heterocycles. The average molecular weight is 399 g/mol. The summed E-state index contributed by atoms with van der Waals surface area (Å²) in [6.45, 7) is 1.87. The van der Waals surface area contributed by atoms with Crippen molar-refractivity contribution >= 4 is 28.9 Å². The molecule has 2 aromatic heterocycles. The number of rotatable bonds is 3. The van der Waals surface area contributed by atoms with Crippen LogP contribution in [0.25, 0.3) is 11.0 Å². The highest BCUT2D eigenvalue weighted by molar-refractivity contribution is 5.96. The quantitative estimate of drug-likeness (QED) is 0.691. The molecule has 4 rings (SSSR count). The van der Waals surface area contributed by atoms with Gasteiger partial charge in [-0.15, -0.1) is 0 Å². The topological polar surface area (TPSA) is 121 Å². The molecule has 0 aromatic carbocycles. The molecule has 2 aliphatic rings. The number of hydrogen-bond donors (Lipinski definition) is 1. The summed E-state index contributed by atoms with van der Waals surface area (Å²) >= 11 is 0. The Morgan fingerprint density at radius 2 is 1.93 bits per heavy atom. The molecular weight excluding hydrogens is 378 g/mol. The molecule has 0 radical (unpaired) electrons. The minimum Gasteiger partial charge on any atom is -0.339 e. The number of piperazine rings is 1. The van der Waals surface area contributed by atoms with Crippen LogP contribution in [0.5, 0.6) is 0 Å². The Morgan fingerprint density at radius 1 is 1.17 bits per heavy atom. The number of hydrogen-bond acceptors (Lipinski definition) is 7. The highest BCUT2D eigenvalue weighted by Crippen LogP contribution is 2.13. The van der Waals surface area contributed by atoms with Crippen LogP contribution in [0.4, 0.5) is 4.79 Å². The number of imide groups is 1. The van der Waals surface area contributed by atoms with Crippen molar-refractivity contribution < 1.29 is 14.4 Å². The lowest BCUT2D eigenvalue weighted by Crippen LogP contribution is -2.62. The maximum absolute atomic E-state index is 12.7. The number of carbonyl (C=O) groups is 3. The van der Waals surface area contributed by atoms with E-state index in [1.54, 1.807) is 23.2 Å². The SMILES string of the molecule is CN1C(=O)CC(N2CCN(C(=O)Cn3cnc4ncccc4c3=O)CC2)NC1=O. The number of carbonyl (C=O) groups excluding carboxylic acids is 3. The summed E-state index contributed by atoms with van der Waals surface area (Å²) in [5, 5.41) is 3.17. The van der Waals surface area contributed by atoms with E-state index >= 15 is 0 Å². The zero-order chi connectivity index (χ0) is 20.5. The molecule has 2 aliphatic heterocycles. The molecule has 0 aliphatic carbocycles. The van der Waals surface area contributed by atoms with E-state index in [-0.39, 0.29) is 36.5 Å². The van der Waals surface area contributed by atoms with Gasteiger partial charge in [-0.1, -0.05) is 0 Å². The number of nitrogens with one attached hydrogen (secondary N) is 1. The maximum Gasteiger partial charge on any atom is 0.325 e. The van der Waals surface area contributed by atoms with Crippen LogP contribution in [0.2, 0.25) is 0 Å². The maximum atomic E-state index is 12.7. The second kappa shape index (κ2) is 7.59. The Kier molecular flexibility index (Phi) is 4.97. The summed E-state index contributed by atoms with van der Waals surface area (Å²) in [5.74, 6) is -0.407. The van der Waals surface area contributed by atoms with Gasteiger partial charge < -0.3 is 10.2 Å². The Labute approximate surface area is 165 Å². The predicted molar refractivity (Wildman–Crippen MR) is 102 cm³/mol. The first-order valence-electron chi connectivity index (χ1n) is 9.33. The third kappa shape index (κ3) is 3.68. The third-order valence-electron chi connectivity index (χ3n) is 5.35. The largest absolute Gasteiger partial charge is 0.339 e. The van der Waals surface area contributed by atoms with Crippen LogP contribution in [0.1, 0.15) is 6.42 Å². The van der Waals surface area contributed by atoms with E-state index < -0.39 is 6.03 Å². The van der Waals surface area contributed by atoms with Crippen LogP contribution in [-0.4, -0.2) is 86.5 Å². The fourth-order valence-corrected chi connectivity index (χ4v) is 3.57. The number of amides is 4. The molecule has 1 N–H and O–H groups in total. The summed E-state index contributed by atoms with van der Waals surface area (Å²) in [6, 6.07) is 2.88. The van der Waals surface area contributed by atoms with Gasteiger partial charge in [-0.05, 0) is 12.1 Å². The summed E-state index contributed by atoms with van der Waals surface area (Å²) in [6.07, 6.45) is 2.75. The smallest absolute Gasteiger partial charge is 0.325 e. The first-order chi connectivity index (χ1) is 13.9. The molecule has 0 saturated carbocycles. The van der Waals surface area contributed by atoms with Crippen molar-refractivity contribution in [3.63, 3.8) is 0 Å². The first-order valence-corrected chi connectivity index (χ1v) is 9.33. The van der Waals surface area contributed by atoms with Crippen molar-refractivity contribution in [2.45, 2.75) is 19.1 Å². The van der Waals surface area contributed by atoms with Crippen molar-refractivity contribution in [3.8, 4) is 0 Å². The van der Waals surface area contributed by atoms with Crippen LogP contribution >= 0.6 is 0 Å². The van der Waals surface area contributed by atoms with Gasteiger partial charge in [-0.25, -0.2) is 14.8 Å². The number of fused-ring (bicyclic) bond motifs is 1. The monoisotopic (exact) mass is 399 g/mol. The number of nitrogens with zero attached hydrogens (tertiary/aromatic N) is 6. The molecule has 4 amide bonds. The second-order valence-corrected chi connectivity index (χ2v) is 7.09. The Balaban J connectivity index is 1.37. The molecule has 1 atom stereocenters. The zero-order valence-corrected chi connectivity index (χ0v) is 15.9. The van der Waals surface area contributed by atoms with Gasteiger partial charge in [0.2, 0.25) is 11.8 Å². The Morgan fingerprint density at radius 3 is 2.66 bits per heavy atom. The highest BCUT2D eigenvalue weighted by Gasteiger charge is 2.34. The van der Waals surface area contributed by atoms with Gasteiger partial charge in [0.05, 0.1) is 18.0 Å². The Hall–Kier alpha value is -3.34. The summed E-state index contributed by atoms with van der Waals surface area (Å²) in [7, 11) is 1.45. The molecular formula is C18H21N7O4. The van der Waals surface area contributed by atoms with Gasteiger partial charge in [0.25, 0.3) is 5.56 Å². The number of aromatic nitrogens is 3. The molecule has 29 heavy (non-hydrogen) atoms. The van der Waals surface area contributed by atoms with Crippen molar-refractivity contribution in [1.29, 1.82) is 0 Å². The van der Waals surface area contributed by atoms with Crippen LogP contribution in [0.15, 0.2) is 29.5 Å². The van der Waals surface area contributed by atoms with E-state index in [9.17, 15) is 19.2 Å². The standard InChI is InChI=1S/C18H21N7O4/c1-22-14(26)9-13(21-18(22)29)23-5-7-24(8-6-23)15(27)10-25-11-20-16-12(17(25)28)3-2-4-19-16/h2-4,11,13H,5-10H2,1H3,(H,21,29). The van der Waals surface area contributed by atoms with Crippen LogP contribution < -0.4 is 10.9 Å². The van der Waals surface area contributed by atoms with Gasteiger partial charge in [0, 0.05) is 39.4 Å². The minimum absolute atomic E-state index is 0.0971. The van der Waals surface area contributed by atoms with Gasteiger partial charge in [-0.2, -0.15) is 0 Å². The molecule has 4 heterocycles. The summed E-state index contributed by atoms with van der Waals surface area (Å²) in [4.78, 5) is 61.8. The van der Waals surface area contributed by atoms with Gasteiger partial charge in [-0.3, -0.25) is 28.8 Å². The van der Waals surface area contributed by atoms with Crippen molar-refractivity contribution in [2.24, 2.45) is 0 Å².